The van der Waals surface area contributed by atoms with Gasteiger partial charge in [0, 0.05) is 30.8 Å². The Hall–Kier alpha value is -3.26. The number of nitrogens with zero attached hydrogens (tertiary/aromatic N) is 2. The van der Waals surface area contributed by atoms with Gasteiger partial charge in [-0.3, -0.25) is 14.9 Å². The number of morpholine rings is 1. The molecule has 1 atom stereocenters. The number of benzene rings is 2. The van der Waals surface area contributed by atoms with Gasteiger partial charge in [0.15, 0.2) is 0 Å². The molecule has 8 heteroatoms. The lowest BCUT2D eigenvalue weighted by molar-refractivity contribution is -0.384. The second kappa shape index (κ2) is 8.41. The van der Waals surface area contributed by atoms with Gasteiger partial charge in [0.1, 0.15) is 0 Å². The highest BCUT2D eigenvalue weighted by atomic mass is 16.6. The summed E-state index contributed by atoms with van der Waals surface area (Å²) in [7, 11) is 0. The van der Waals surface area contributed by atoms with Crippen LogP contribution in [0.2, 0.25) is 0 Å². The number of esters is 1. The largest absolute Gasteiger partial charge is 0.444 e. The van der Waals surface area contributed by atoms with Gasteiger partial charge in [-0.05, 0) is 6.07 Å². The Morgan fingerprint density at radius 3 is 2.44 bits per heavy atom. The molecule has 0 radical (unpaired) electrons. The predicted octanol–water partition coefficient (Wildman–Crippen LogP) is 2.35. The van der Waals surface area contributed by atoms with Gasteiger partial charge in [-0.25, -0.2) is 4.79 Å². The molecule has 8 nitrogen and oxygen atoms in total. The SMILES string of the molecule is O=C(O[C@@H](C(=O)N1CCOCC1)c1ccccc1)c1cccc([N+](=O)[O-])c1. The summed E-state index contributed by atoms with van der Waals surface area (Å²) in [6, 6.07) is 13.9. The highest BCUT2D eigenvalue weighted by molar-refractivity contribution is 5.93. The zero-order chi connectivity index (χ0) is 19.2. The van der Waals surface area contributed by atoms with Crippen LogP contribution in [0.4, 0.5) is 5.69 Å². The van der Waals surface area contributed by atoms with E-state index in [-0.39, 0.29) is 17.2 Å². The number of carbonyl (C=O) groups is 2. The minimum absolute atomic E-state index is 0.0138. The van der Waals surface area contributed by atoms with Crippen LogP contribution in [0.5, 0.6) is 0 Å². The minimum Gasteiger partial charge on any atom is -0.444 e. The second-order valence-electron chi connectivity index (χ2n) is 5.94. The third-order valence-electron chi connectivity index (χ3n) is 4.17. The van der Waals surface area contributed by atoms with Crippen molar-refractivity contribution < 1.29 is 24.0 Å². The molecular formula is C19H18N2O6. The molecule has 0 spiro atoms. The second-order valence-corrected chi connectivity index (χ2v) is 5.94. The van der Waals surface area contributed by atoms with E-state index in [1.165, 1.54) is 18.2 Å². The lowest BCUT2D eigenvalue weighted by Crippen LogP contribution is -2.44. The molecule has 1 amide bonds. The molecular weight excluding hydrogens is 352 g/mol. The van der Waals surface area contributed by atoms with Crippen molar-refractivity contribution >= 4 is 17.6 Å². The molecule has 1 fully saturated rings. The van der Waals surface area contributed by atoms with Gasteiger partial charge in [-0.2, -0.15) is 0 Å². The van der Waals surface area contributed by atoms with Crippen LogP contribution in [-0.2, 0) is 14.3 Å². The van der Waals surface area contributed by atoms with E-state index in [1.807, 2.05) is 0 Å². The Balaban J connectivity index is 1.85. The highest BCUT2D eigenvalue weighted by Gasteiger charge is 2.31. The fraction of sp³-hybridized carbons (Fsp3) is 0.263. The lowest BCUT2D eigenvalue weighted by atomic mass is 10.1. The first-order valence-corrected chi connectivity index (χ1v) is 8.43. The molecule has 0 aromatic heterocycles. The maximum Gasteiger partial charge on any atom is 0.339 e. The van der Waals surface area contributed by atoms with Crippen LogP contribution in [-0.4, -0.2) is 48.0 Å². The van der Waals surface area contributed by atoms with E-state index in [0.717, 1.165) is 6.07 Å². The number of non-ortho nitro benzene ring substituents is 1. The van der Waals surface area contributed by atoms with Crippen molar-refractivity contribution in [3.05, 3.63) is 75.8 Å². The van der Waals surface area contributed by atoms with Crippen LogP contribution < -0.4 is 0 Å². The Kier molecular flexibility index (Phi) is 5.77. The van der Waals surface area contributed by atoms with E-state index in [0.29, 0.717) is 31.9 Å². The molecule has 1 heterocycles. The van der Waals surface area contributed by atoms with E-state index in [9.17, 15) is 19.7 Å². The van der Waals surface area contributed by atoms with Gasteiger partial charge in [-0.1, -0.05) is 36.4 Å². The molecule has 0 bridgehead atoms. The first kappa shape index (κ1) is 18.5. The van der Waals surface area contributed by atoms with Crippen molar-refractivity contribution in [1.82, 2.24) is 4.90 Å². The lowest BCUT2D eigenvalue weighted by Gasteiger charge is -2.30. The van der Waals surface area contributed by atoms with Crippen molar-refractivity contribution in [2.75, 3.05) is 26.3 Å². The molecule has 0 unspecified atom stereocenters. The molecule has 27 heavy (non-hydrogen) atoms. The molecule has 2 aromatic carbocycles. The van der Waals surface area contributed by atoms with E-state index in [4.69, 9.17) is 9.47 Å². The quantitative estimate of drug-likeness (QED) is 0.455. The van der Waals surface area contributed by atoms with Crippen molar-refractivity contribution in [3.8, 4) is 0 Å². The summed E-state index contributed by atoms with van der Waals surface area (Å²) >= 11 is 0. The number of amides is 1. The van der Waals surface area contributed by atoms with E-state index in [1.54, 1.807) is 35.2 Å². The average Bonchev–Trinajstić information content (AvgIpc) is 2.72. The van der Waals surface area contributed by atoms with Gasteiger partial charge >= 0.3 is 5.97 Å². The summed E-state index contributed by atoms with van der Waals surface area (Å²) in [5, 5.41) is 10.9. The molecule has 140 valence electrons. The van der Waals surface area contributed by atoms with E-state index < -0.39 is 17.0 Å². The number of nitro benzene ring substituents is 1. The number of rotatable bonds is 5. The minimum atomic E-state index is -1.13. The summed E-state index contributed by atoms with van der Waals surface area (Å²) in [5.41, 5.74) is 0.327. The van der Waals surface area contributed by atoms with Gasteiger partial charge in [-0.15, -0.1) is 0 Å². The maximum atomic E-state index is 12.9. The van der Waals surface area contributed by atoms with Crippen LogP contribution in [0.15, 0.2) is 54.6 Å². The normalized spacial score (nSPS) is 15.0. The summed E-state index contributed by atoms with van der Waals surface area (Å²) in [6.45, 7) is 1.67. The van der Waals surface area contributed by atoms with Gasteiger partial charge in [0.25, 0.3) is 11.6 Å². The third-order valence-corrected chi connectivity index (χ3v) is 4.17. The Morgan fingerprint density at radius 2 is 1.78 bits per heavy atom. The summed E-state index contributed by atoms with van der Waals surface area (Å²) in [4.78, 5) is 37.4. The number of hydrogen-bond donors (Lipinski definition) is 0. The van der Waals surface area contributed by atoms with E-state index in [2.05, 4.69) is 0 Å². The Labute approximate surface area is 155 Å². The number of nitro groups is 1. The summed E-state index contributed by atoms with van der Waals surface area (Å²) in [6.07, 6.45) is -1.13. The fourth-order valence-electron chi connectivity index (χ4n) is 2.76. The highest BCUT2D eigenvalue weighted by Crippen LogP contribution is 2.23. The molecule has 0 aliphatic carbocycles. The molecule has 1 aliphatic rings. The van der Waals surface area contributed by atoms with Gasteiger partial charge in [0.2, 0.25) is 6.10 Å². The van der Waals surface area contributed by atoms with Crippen LogP contribution in [0.25, 0.3) is 0 Å². The maximum absolute atomic E-state index is 12.9. The van der Waals surface area contributed by atoms with Crippen LogP contribution in [0, 0.1) is 10.1 Å². The standard InChI is InChI=1S/C19H18N2O6/c22-18(20-9-11-26-12-10-20)17(14-5-2-1-3-6-14)27-19(23)15-7-4-8-16(13-15)21(24)25/h1-8,13,17H,9-12H2/t17-/m1/s1. The average molecular weight is 370 g/mol. The number of carbonyl (C=O) groups excluding carboxylic acids is 2. The van der Waals surface area contributed by atoms with Crippen LogP contribution in [0.1, 0.15) is 22.0 Å². The van der Waals surface area contributed by atoms with Crippen LogP contribution in [0.3, 0.4) is 0 Å². The first-order valence-electron chi connectivity index (χ1n) is 8.43. The van der Waals surface area contributed by atoms with Crippen LogP contribution >= 0.6 is 0 Å². The summed E-state index contributed by atoms with van der Waals surface area (Å²) in [5.74, 6) is -1.14. The topological polar surface area (TPSA) is 99.0 Å². The predicted molar refractivity (Wildman–Crippen MR) is 95.1 cm³/mol. The molecule has 0 N–H and O–H groups in total. The van der Waals surface area contributed by atoms with Gasteiger partial charge < -0.3 is 14.4 Å². The first-order chi connectivity index (χ1) is 13.1. The Morgan fingerprint density at radius 1 is 1.07 bits per heavy atom. The molecule has 2 aromatic rings. The zero-order valence-corrected chi connectivity index (χ0v) is 14.4. The number of hydrogen-bond acceptors (Lipinski definition) is 6. The Bertz CT molecular complexity index is 833. The fourth-order valence-corrected chi connectivity index (χ4v) is 2.76. The number of ether oxygens (including phenoxy) is 2. The van der Waals surface area contributed by atoms with Gasteiger partial charge in [0.05, 0.1) is 23.7 Å². The van der Waals surface area contributed by atoms with Crippen molar-refractivity contribution in [1.29, 1.82) is 0 Å². The monoisotopic (exact) mass is 370 g/mol. The molecule has 1 aliphatic heterocycles. The third kappa shape index (κ3) is 4.48. The van der Waals surface area contributed by atoms with E-state index >= 15 is 0 Å². The smallest absolute Gasteiger partial charge is 0.339 e. The molecule has 1 saturated heterocycles. The molecule has 3 rings (SSSR count). The summed E-state index contributed by atoms with van der Waals surface area (Å²) < 4.78 is 10.7. The van der Waals surface area contributed by atoms with Crippen molar-refractivity contribution in [2.45, 2.75) is 6.10 Å². The van der Waals surface area contributed by atoms with Crippen molar-refractivity contribution in [3.63, 3.8) is 0 Å². The zero-order valence-electron chi connectivity index (χ0n) is 14.4. The molecule has 0 saturated carbocycles. The van der Waals surface area contributed by atoms with Crippen molar-refractivity contribution in [2.24, 2.45) is 0 Å².